The summed E-state index contributed by atoms with van der Waals surface area (Å²) in [5.74, 6) is 0.573. The zero-order valence-electron chi connectivity index (χ0n) is 16.5. The number of hydrogen-bond acceptors (Lipinski definition) is 5. The monoisotopic (exact) mass is 468 g/mol. The molecule has 0 bridgehead atoms. The summed E-state index contributed by atoms with van der Waals surface area (Å²) in [6, 6.07) is 15.1. The summed E-state index contributed by atoms with van der Waals surface area (Å²) >= 11 is 3.37. The fourth-order valence-corrected chi connectivity index (χ4v) is 3.34. The van der Waals surface area contributed by atoms with Crippen LogP contribution in [0.3, 0.4) is 0 Å². The Hall–Kier alpha value is -3.31. The van der Waals surface area contributed by atoms with Crippen LogP contribution in [0.4, 0.5) is 0 Å². The number of carbonyl (C=O) groups is 1. The number of nitrogens with one attached hydrogen (secondary N) is 1. The third-order valence-corrected chi connectivity index (χ3v) is 4.77. The van der Waals surface area contributed by atoms with E-state index in [1.165, 1.54) is 0 Å². The van der Waals surface area contributed by atoms with Crippen molar-refractivity contribution in [1.82, 2.24) is 15.1 Å². The minimum absolute atomic E-state index is 0.159. The Morgan fingerprint density at radius 2 is 2.07 bits per heavy atom. The SMILES string of the molecule is CCOc1cc(C#N)cc(Br)c1OCC(=O)NCCc1cnn(-c2ccccc2)c1. The molecule has 0 aliphatic rings. The lowest BCUT2D eigenvalue weighted by Gasteiger charge is -2.14. The summed E-state index contributed by atoms with van der Waals surface area (Å²) in [4.78, 5) is 12.2. The molecule has 0 atom stereocenters. The third kappa shape index (κ3) is 5.61. The molecular formula is C22H21BrN4O3. The van der Waals surface area contributed by atoms with Crippen LogP contribution in [0.2, 0.25) is 0 Å². The first-order valence-corrected chi connectivity index (χ1v) is 10.2. The number of rotatable bonds is 9. The molecule has 0 spiro atoms. The quantitative estimate of drug-likeness (QED) is 0.517. The van der Waals surface area contributed by atoms with Crippen LogP contribution in [0.15, 0.2) is 59.3 Å². The number of nitriles is 1. The molecular weight excluding hydrogens is 448 g/mol. The highest BCUT2D eigenvalue weighted by molar-refractivity contribution is 9.10. The minimum Gasteiger partial charge on any atom is -0.490 e. The number of para-hydroxylation sites is 1. The second kappa shape index (κ2) is 10.5. The van der Waals surface area contributed by atoms with Crippen LogP contribution in [-0.2, 0) is 11.2 Å². The average Bonchev–Trinajstić information content (AvgIpc) is 3.23. The molecule has 0 fully saturated rings. The van der Waals surface area contributed by atoms with Gasteiger partial charge in [-0.05, 0) is 53.0 Å². The van der Waals surface area contributed by atoms with Crippen LogP contribution in [0.5, 0.6) is 11.5 Å². The minimum atomic E-state index is -0.246. The third-order valence-electron chi connectivity index (χ3n) is 4.18. The standard InChI is InChI=1S/C22H21BrN4O3/c1-2-29-20-11-17(12-24)10-19(23)22(20)30-15-21(28)25-9-8-16-13-26-27(14-16)18-6-4-3-5-7-18/h3-7,10-11,13-14H,2,8-9,15H2,1H3,(H,25,28). The smallest absolute Gasteiger partial charge is 0.257 e. The maximum absolute atomic E-state index is 12.2. The predicted molar refractivity (Wildman–Crippen MR) is 116 cm³/mol. The Morgan fingerprint density at radius 3 is 2.80 bits per heavy atom. The Morgan fingerprint density at radius 1 is 1.27 bits per heavy atom. The second-order valence-corrected chi connectivity index (χ2v) is 7.20. The first-order valence-electron chi connectivity index (χ1n) is 9.45. The lowest BCUT2D eigenvalue weighted by Crippen LogP contribution is -2.30. The Balaban J connectivity index is 1.50. The van der Waals surface area contributed by atoms with Crippen molar-refractivity contribution in [1.29, 1.82) is 5.26 Å². The number of hydrogen-bond donors (Lipinski definition) is 1. The fourth-order valence-electron chi connectivity index (χ4n) is 2.78. The highest BCUT2D eigenvalue weighted by Crippen LogP contribution is 2.36. The predicted octanol–water partition coefficient (Wildman–Crippen LogP) is 3.64. The molecule has 0 aliphatic heterocycles. The average molecular weight is 469 g/mol. The second-order valence-electron chi connectivity index (χ2n) is 6.35. The van der Waals surface area contributed by atoms with Crippen molar-refractivity contribution in [2.75, 3.05) is 19.8 Å². The van der Waals surface area contributed by atoms with Gasteiger partial charge in [0.2, 0.25) is 0 Å². The summed E-state index contributed by atoms with van der Waals surface area (Å²) in [6.07, 6.45) is 4.39. The first-order chi connectivity index (χ1) is 14.6. The molecule has 0 saturated heterocycles. The summed E-state index contributed by atoms with van der Waals surface area (Å²) < 4.78 is 13.5. The van der Waals surface area contributed by atoms with Gasteiger partial charge >= 0.3 is 0 Å². The van der Waals surface area contributed by atoms with E-state index in [-0.39, 0.29) is 12.5 Å². The van der Waals surface area contributed by atoms with Gasteiger partial charge in [0.25, 0.3) is 5.91 Å². The van der Waals surface area contributed by atoms with Crippen molar-refractivity contribution in [3.05, 3.63) is 70.5 Å². The number of nitrogens with zero attached hydrogens (tertiary/aromatic N) is 3. The van der Waals surface area contributed by atoms with E-state index in [1.807, 2.05) is 43.5 Å². The van der Waals surface area contributed by atoms with E-state index in [1.54, 1.807) is 23.0 Å². The van der Waals surface area contributed by atoms with Crippen molar-refractivity contribution >= 4 is 21.8 Å². The van der Waals surface area contributed by atoms with Gasteiger partial charge in [0.15, 0.2) is 18.1 Å². The largest absolute Gasteiger partial charge is 0.490 e. The van der Waals surface area contributed by atoms with Crippen LogP contribution in [0.25, 0.3) is 5.69 Å². The van der Waals surface area contributed by atoms with Gasteiger partial charge < -0.3 is 14.8 Å². The maximum atomic E-state index is 12.2. The molecule has 1 amide bonds. The zero-order valence-corrected chi connectivity index (χ0v) is 18.1. The Bertz CT molecular complexity index is 1040. The van der Waals surface area contributed by atoms with Gasteiger partial charge in [0, 0.05) is 18.8 Å². The first kappa shape index (κ1) is 21.4. The van der Waals surface area contributed by atoms with E-state index in [2.05, 4.69) is 32.4 Å². The molecule has 1 heterocycles. The van der Waals surface area contributed by atoms with Gasteiger partial charge in [-0.2, -0.15) is 10.4 Å². The lowest BCUT2D eigenvalue weighted by molar-refractivity contribution is -0.123. The van der Waals surface area contributed by atoms with Gasteiger partial charge in [-0.15, -0.1) is 0 Å². The number of aromatic nitrogens is 2. The molecule has 1 aromatic heterocycles. The number of ether oxygens (including phenoxy) is 2. The molecule has 0 radical (unpaired) electrons. The molecule has 0 aliphatic carbocycles. The number of amides is 1. The van der Waals surface area contributed by atoms with Crippen LogP contribution in [-0.4, -0.2) is 35.4 Å². The molecule has 3 rings (SSSR count). The zero-order chi connectivity index (χ0) is 21.3. The fraction of sp³-hybridized carbons (Fsp3) is 0.227. The highest BCUT2D eigenvalue weighted by Gasteiger charge is 2.14. The number of carbonyl (C=O) groups excluding carboxylic acids is 1. The van der Waals surface area contributed by atoms with Gasteiger partial charge in [0.1, 0.15) is 0 Å². The van der Waals surface area contributed by atoms with Gasteiger partial charge in [-0.1, -0.05) is 18.2 Å². The van der Waals surface area contributed by atoms with Crippen LogP contribution in [0.1, 0.15) is 18.1 Å². The summed E-state index contributed by atoms with van der Waals surface area (Å²) in [6.45, 7) is 2.56. The molecule has 30 heavy (non-hydrogen) atoms. The van der Waals surface area contributed by atoms with Crippen molar-refractivity contribution in [2.24, 2.45) is 0 Å². The molecule has 3 aromatic rings. The van der Waals surface area contributed by atoms with E-state index >= 15 is 0 Å². The molecule has 1 N–H and O–H groups in total. The number of halogens is 1. The van der Waals surface area contributed by atoms with E-state index < -0.39 is 0 Å². The van der Waals surface area contributed by atoms with Crippen LogP contribution in [0, 0.1) is 11.3 Å². The normalized spacial score (nSPS) is 10.3. The van der Waals surface area contributed by atoms with Crippen LogP contribution >= 0.6 is 15.9 Å². The molecule has 2 aromatic carbocycles. The molecule has 0 unspecified atom stereocenters. The van der Waals surface area contributed by atoms with Crippen molar-refractivity contribution in [2.45, 2.75) is 13.3 Å². The molecule has 7 nitrogen and oxygen atoms in total. The van der Waals surface area contributed by atoms with Gasteiger partial charge in [0.05, 0.1) is 34.6 Å². The topological polar surface area (TPSA) is 89.2 Å². The summed E-state index contributed by atoms with van der Waals surface area (Å²) in [7, 11) is 0. The Labute approximate surface area is 183 Å². The van der Waals surface area contributed by atoms with E-state index in [4.69, 9.17) is 14.7 Å². The summed E-state index contributed by atoms with van der Waals surface area (Å²) in [5.41, 5.74) is 2.45. The Kier molecular flexibility index (Phi) is 7.46. The van der Waals surface area contributed by atoms with Crippen molar-refractivity contribution in [3.63, 3.8) is 0 Å². The highest BCUT2D eigenvalue weighted by atomic mass is 79.9. The molecule has 154 valence electrons. The van der Waals surface area contributed by atoms with Gasteiger partial charge in [-0.25, -0.2) is 4.68 Å². The molecule has 0 saturated carbocycles. The maximum Gasteiger partial charge on any atom is 0.257 e. The van der Waals surface area contributed by atoms with Crippen LogP contribution < -0.4 is 14.8 Å². The van der Waals surface area contributed by atoms with Crippen molar-refractivity contribution in [3.8, 4) is 23.3 Å². The summed E-state index contributed by atoms with van der Waals surface area (Å²) in [5, 5.41) is 16.3. The van der Waals surface area contributed by atoms with Gasteiger partial charge in [-0.3, -0.25) is 4.79 Å². The van der Waals surface area contributed by atoms with E-state index in [0.717, 1.165) is 11.3 Å². The van der Waals surface area contributed by atoms with E-state index in [0.29, 0.717) is 41.1 Å². The number of benzene rings is 2. The lowest BCUT2D eigenvalue weighted by atomic mass is 10.2. The molecule has 8 heteroatoms. The van der Waals surface area contributed by atoms with E-state index in [9.17, 15) is 4.79 Å². The van der Waals surface area contributed by atoms with Crippen molar-refractivity contribution < 1.29 is 14.3 Å².